The number of piperidine rings is 1. The third kappa shape index (κ3) is 5.77. The maximum atomic E-state index is 12.4. The van der Waals surface area contributed by atoms with Gasteiger partial charge in [-0.2, -0.15) is 0 Å². The van der Waals surface area contributed by atoms with E-state index in [1.165, 1.54) is 5.56 Å². The Labute approximate surface area is 155 Å². The van der Waals surface area contributed by atoms with Gasteiger partial charge in [-0.15, -0.1) is 11.8 Å². The predicted molar refractivity (Wildman–Crippen MR) is 104 cm³/mol. The minimum Gasteiger partial charge on any atom is -0.353 e. The molecule has 0 saturated carbocycles. The summed E-state index contributed by atoms with van der Waals surface area (Å²) in [6, 6.07) is 8.31. The first-order chi connectivity index (χ1) is 12.0. The molecule has 138 valence electrons. The first-order valence-corrected chi connectivity index (χ1v) is 10.3. The van der Waals surface area contributed by atoms with Crippen molar-refractivity contribution < 1.29 is 9.59 Å². The molecule has 1 aromatic carbocycles. The maximum absolute atomic E-state index is 12.4. The van der Waals surface area contributed by atoms with Crippen molar-refractivity contribution in [3.05, 3.63) is 29.8 Å². The highest BCUT2D eigenvalue weighted by Crippen LogP contribution is 2.22. The van der Waals surface area contributed by atoms with Crippen LogP contribution < -0.4 is 5.32 Å². The van der Waals surface area contributed by atoms with E-state index in [0.29, 0.717) is 5.75 Å². The van der Waals surface area contributed by atoms with Gasteiger partial charge in [-0.1, -0.05) is 32.0 Å². The van der Waals surface area contributed by atoms with Crippen LogP contribution in [0.4, 0.5) is 0 Å². The second-order valence-corrected chi connectivity index (χ2v) is 7.75. The topological polar surface area (TPSA) is 49.4 Å². The van der Waals surface area contributed by atoms with Crippen LogP contribution in [0.15, 0.2) is 29.2 Å². The first kappa shape index (κ1) is 19.8. The number of amides is 2. The van der Waals surface area contributed by atoms with E-state index in [1.54, 1.807) is 11.8 Å². The molecular weight excluding hydrogens is 332 g/mol. The monoisotopic (exact) mass is 362 g/mol. The van der Waals surface area contributed by atoms with Crippen molar-refractivity contribution in [2.24, 2.45) is 5.92 Å². The standard InChI is InChI=1S/C20H30N2O2S/c1-4-16(5-2)20(24)22-12-10-17(11-13-22)21-19(23)14-25-18-9-7-6-8-15(18)3/h6-9,16-17H,4-5,10-14H2,1-3H3,(H,21,23). The molecule has 5 heteroatoms. The van der Waals surface area contributed by atoms with E-state index in [-0.39, 0.29) is 23.8 Å². The lowest BCUT2D eigenvalue weighted by Crippen LogP contribution is -2.48. The second-order valence-electron chi connectivity index (χ2n) is 6.73. The Bertz CT molecular complexity index is 579. The molecule has 0 aliphatic carbocycles. The molecule has 0 atom stereocenters. The van der Waals surface area contributed by atoms with Crippen LogP contribution in [0.3, 0.4) is 0 Å². The fourth-order valence-electron chi connectivity index (χ4n) is 3.27. The van der Waals surface area contributed by atoms with Crippen LogP contribution >= 0.6 is 11.8 Å². The number of likely N-dealkylation sites (tertiary alicyclic amines) is 1. The van der Waals surface area contributed by atoms with Crippen LogP contribution in [-0.4, -0.2) is 41.6 Å². The fourth-order valence-corrected chi connectivity index (χ4v) is 4.11. The van der Waals surface area contributed by atoms with Gasteiger partial charge >= 0.3 is 0 Å². The Morgan fingerprint density at radius 1 is 1.20 bits per heavy atom. The summed E-state index contributed by atoms with van der Waals surface area (Å²) in [4.78, 5) is 27.7. The van der Waals surface area contributed by atoms with Crippen LogP contribution in [0.5, 0.6) is 0 Å². The molecule has 2 amide bonds. The molecule has 0 bridgehead atoms. The molecular formula is C20H30N2O2S. The molecule has 4 nitrogen and oxygen atoms in total. The number of hydrogen-bond acceptors (Lipinski definition) is 3. The highest BCUT2D eigenvalue weighted by Gasteiger charge is 2.27. The van der Waals surface area contributed by atoms with Crippen LogP contribution in [0, 0.1) is 12.8 Å². The minimum atomic E-state index is 0.0815. The summed E-state index contributed by atoms with van der Waals surface area (Å²) < 4.78 is 0. The van der Waals surface area contributed by atoms with Crippen LogP contribution in [-0.2, 0) is 9.59 Å². The largest absolute Gasteiger partial charge is 0.353 e. The van der Waals surface area contributed by atoms with E-state index in [2.05, 4.69) is 38.2 Å². The van der Waals surface area contributed by atoms with Gasteiger partial charge in [0.25, 0.3) is 0 Å². The average molecular weight is 363 g/mol. The lowest BCUT2D eigenvalue weighted by Gasteiger charge is -2.34. The molecule has 1 aliphatic heterocycles. The summed E-state index contributed by atoms with van der Waals surface area (Å²) in [6.07, 6.45) is 3.52. The zero-order chi connectivity index (χ0) is 18.2. The molecule has 1 saturated heterocycles. The van der Waals surface area contributed by atoms with Gasteiger partial charge in [-0.05, 0) is 44.2 Å². The third-order valence-corrected chi connectivity index (χ3v) is 6.13. The Hall–Kier alpha value is -1.49. The highest BCUT2D eigenvalue weighted by molar-refractivity contribution is 8.00. The lowest BCUT2D eigenvalue weighted by molar-refractivity contribution is -0.136. The van der Waals surface area contributed by atoms with E-state index in [1.807, 2.05) is 17.0 Å². The molecule has 0 aromatic heterocycles. The molecule has 1 aliphatic rings. The molecule has 0 spiro atoms. The number of carbonyl (C=O) groups excluding carboxylic acids is 2. The Balaban J connectivity index is 1.73. The quantitative estimate of drug-likeness (QED) is 0.754. The van der Waals surface area contributed by atoms with E-state index < -0.39 is 0 Å². The van der Waals surface area contributed by atoms with Crippen molar-refractivity contribution in [3.63, 3.8) is 0 Å². The van der Waals surface area contributed by atoms with Gasteiger partial charge < -0.3 is 10.2 Å². The average Bonchev–Trinajstić information content (AvgIpc) is 2.62. The number of rotatable bonds is 7. The van der Waals surface area contributed by atoms with Gasteiger partial charge in [-0.25, -0.2) is 0 Å². The predicted octanol–water partition coefficient (Wildman–Crippen LogP) is 3.63. The molecule has 0 unspecified atom stereocenters. The minimum absolute atomic E-state index is 0.0815. The van der Waals surface area contributed by atoms with Gasteiger partial charge in [0.05, 0.1) is 5.75 Å². The molecule has 25 heavy (non-hydrogen) atoms. The number of nitrogens with one attached hydrogen (secondary N) is 1. The number of benzene rings is 1. The Kier molecular flexibility index (Phi) is 7.82. The van der Waals surface area contributed by atoms with E-state index >= 15 is 0 Å². The van der Waals surface area contributed by atoms with Crippen molar-refractivity contribution >= 4 is 23.6 Å². The summed E-state index contributed by atoms with van der Waals surface area (Å²) in [5.74, 6) is 0.956. The summed E-state index contributed by atoms with van der Waals surface area (Å²) in [5, 5.41) is 3.13. The summed E-state index contributed by atoms with van der Waals surface area (Å²) in [6.45, 7) is 7.72. The van der Waals surface area contributed by atoms with Gasteiger partial charge in [0.1, 0.15) is 0 Å². The molecule has 1 aromatic rings. The molecule has 2 rings (SSSR count). The highest BCUT2D eigenvalue weighted by atomic mass is 32.2. The number of carbonyl (C=O) groups is 2. The van der Waals surface area contributed by atoms with Gasteiger partial charge in [0.2, 0.25) is 11.8 Å². The van der Waals surface area contributed by atoms with E-state index in [9.17, 15) is 9.59 Å². The first-order valence-electron chi connectivity index (χ1n) is 9.31. The zero-order valence-electron chi connectivity index (χ0n) is 15.6. The maximum Gasteiger partial charge on any atom is 0.230 e. The normalized spacial score (nSPS) is 15.4. The van der Waals surface area contributed by atoms with Crippen LogP contribution in [0.2, 0.25) is 0 Å². The van der Waals surface area contributed by atoms with Crippen molar-refractivity contribution in [1.29, 1.82) is 0 Å². The van der Waals surface area contributed by atoms with Crippen LogP contribution in [0.25, 0.3) is 0 Å². The van der Waals surface area contributed by atoms with E-state index in [4.69, 9.17) is 0 Å². The molecule has 1 heterocycles. The fraction of sp³-hybridized carbons (Fsp3) is 0.600. The van der Waals surface area contributed by atoms with Crippen LogP contribution in [0.1, 0.15) is 45.1 Å². The van der Waals surface area contributed by atoms with Crippen molar-refractivity contribution in [2.45, 2.75) is 57.4 Å². The molecule has 1 fully saturated rings. The number of hydrogen-bond donors (Lipinski definition) is 1. The number of thioether (sulfide) groups is 1. The summed E-state index contributed by atoms with van der Waals surface area (Å²) in [7, 11) is 0. The Morgan fingerprint density at radius 3 is 2.44 bits per heavy atom. The summed E-state index contributed by atoms with van der Waals surface area (Å²) in [5.41, 5.74) is 1.20. The SMILES string of the molecule is CCC(CC)C(=O)N1CCC(NC(=O)CSc2ccccc2C)CC1. The van der Waals surface area contributed by atoms with Crippen molar-refractivity contribution in [3.8, 4) is 0 Å². The smallest absolute Gasteiger partial charge is 0.230 e. The van der Waals surface area contributed by atoms with Crippen molar-refractivity contribution in [1.82, 2.24) is 10.2 Å². The molecule has 0 radical (unpaired) electrons. The van der Waals surface area contributed by atoms with Gasteiger partial charge in [0.15, 0.2) is 0 Å². The Morgan fingerprint density at radius 2 is 1.84 bits per heavy atom. The van der Waals surface area contributed by atoms with Crippen molar-refractivity contribution in [2.75, 3.05) is 18.8 Å². The third-order valence-electron chi connectivity index (χ3n) is 4.96. The van der Waals surface area contributed by atoms with Gasteiger partial charge in [0, 0.05) is 29.9 Å². The summed E-state index contributed by atoms with van der Waals surface area (Å²) >= 11 is 1.58. The zero-order valence-corrected chi connectivity index (χ0v) is 16.4. The van der Waals surface area contributed by atoms with E-state index in [0.717, 1.165) is 43.7 Å². The van der Waals surface area contributed by atoms with Gasteiger partial charge in [-0.3, -0.25) is 9.59 Å². The number of nitrogens with zero attached hydrogens (tertiary/aromatic N) is 1. The second kappa shape index (κ2) is 9.85. The lowest BCUT2D eigenvalue weighted by atomic mass is 9.98. The number of aryl methyl sites for hydroxylation is 1. The molecule has 1 N–H and O–H groups in total.